The molecule has 0 aliphatic carbocycles. The molecule has 0 radical (unpaired) electrons. The number of esters is 1. The molecule has 1 aromatic heterocycles. The van der Waals surface area contributed by atoms with E-state index in [1.807, 2.05) is 13.0 Å². The van der Waals surface area contributed by atoms with Gasteiger partial charge in [-0.05, 0) is 37.6 Å². The molecule has 0 N–H and O–H groups in total. The summed E-state index contributed by atoms with van der Waals surface area (Å²) in [4.78, 5) is 51.0. The van der Waals surface area contributed by atoms with E-state index in [0.29, 0.717) is 16.9 Å². The van der Waals surface area contributed by atoms with E-state index in [-0.39, 0.29) is 50.3 Å². The third kappa shape index (κ3) is 4.71. The predicted molar refractivity (Wildman–Crippen MR) is 102 cm³/mol. The fourth-order valence-corrected chi connectivity index (χ4v) is 3.04. The van der Waals surface area contributed by atoms with Crippen LogP contribution in [0, 0.1) is 6.92 Å². The number of nitrogens with zero attached hydrogens (tertiary/aromatic N) is 2. The monoisotopic (exact) mass is 398 g/mol. The Balaban J connectivity index is 1.39. The second-order valence-corrected chi connectivity index (χ2v) is 6.83. The average Bonchev–Trinajstić information content (AvgIpc) is 3.22. The number of hydrogen-bond donors (Lipinski definition) is 0. The number of aryl methyl sites for hydroxylation is 1. The lowest BCUT2D eigenvalue weighted by molar-refractivity contribution is -0.151. The molecule has 0 saturated carbocycles. The Morgan fingerprint density at radius 3 is 2.31 bits per heavy atom. The molecule has 1 aromatic carbocycles. The Labute approximate surface area is 168 Å². The summed E-state index contributed by atoms with van der Waals surface area (Å²) in [5.41, 5.74) is 0.751. The van der Waals surface area contributed by atoms with Gasteiger partial charge in [-0.2, -0.15) is 0 Å². The maximum atomic E-state index is 12.3. The number of carbonyl (C=O) groups is 4. The van der Waals surface area contributed by atoms with Gasteiger partial charge < -0.3 is 14.1 Å². The van der Waals surface area contributed by atoms with Gasteiger partial charge in [0.1, 0.15) is 11.5 Å². The normalized spacial score (nSPS) is 12.8. The summed E-state index contributed by atoms with van der Waals surface area (Å²) in [7, 11) is 1.59. The van der Waals surface area contributed by atoms with E-state index in [1.165, 1.54) is 4.90 Å². The number of imide groups is 1. The second kappa shape index (κ2) is 8.72. The van der Waals surface area contributed by atoms with E-state index in [4.69, 9.17) is 9.15 Å². The third-order valence-electron chi connectivity index (χ3n) is 4.61. The molecule has 2 heterocycles. The van der Waals surface area contributed by atoms with Gasteiger partial charge in [0.25, 0.3) is 17.7 Å². The van der Waals surface area contributed by atoms with E-state index in [2.05, 4.69) is 0 Å². The van der Waals surface area contributed by atoms with Crippen LogP contribution in [0.5, 0.6) is 0 Å². The van der Waals surface area contributed by atoms with E-state index < -0.39 is 5.97 Å². The number of fused-ring (bicyclic) bond motifs is 1. The number of rotatable bonds is 8. The average molecular weight is 398 g/mol. The molecule has 3 rings (SSSR count). The van der Waals surface area contributed by atoms with Crippen LogP contribution in [0.15, 0.2) is 40.8 Å². The van der Waals surface area contributed by atoms with Crippen LogP contribution in [-0.2, 0) is 20.9 Å². The molecule has 2 aromatic rings. The number of likely N-dealkylation sites (N-methyl/N-ethyl adjacent to an activating group) is 1. The predicted octanol–water partition coefficient (Wildman–Crippen LogP) is 2.17. The van der Waals surface area contributed by atoms with Gasteiger partial charge in [-0.3, -0.25) is 24.1 Å². The maximum absolute atomic E-state index is 12.3. The minimum Gasteiger partial charge on any atom is -0.464 e. The SMILES string of the molecule is Cc1ccc(CN(C)C(=O)COC(=O)CCCN2C(=O)c3ccccc3C2=O)o1. The number of furan rings is 1. The highest BCUT2D eigenvalue weighted by Crippen LogP contribution is 2.22. The Morgan fingerprint density at radius 1 is 1.07 bits per heavy atom. The Kier molecular flexibility index (Phi) is 6.11. The van der Waals surface area contributed by atoms with Crippen molar-refractivity contribution in [1.82, 2.24) is 9.80 Å². The van der Waals surface area contributed by atoms with Crippen LogP contribution in [0.3, 0.4) is 0 Å². The van der Waals surface area contributed by atoms with Gasteiger partial charge >= 0.3 is 5.97 Å². The molecule has 8 nitrogen and oxygen atoms in total. The third-order valence-corrected chi connectivity index (χ3v) is 4.61. The largest absolute Gasteiger partial charge is 0.464 e. The Hall–Kier alpha value is -3.42. The smallest absolute Gasteiger partial charge is 0.306 e. The van der Waals surface area contributed by atoms with Crippen LogP contribution in [0.2, 0.25) is 0 Å². The molecule has 0 saturated heterocycles. The topological polar surface area (TPSA) is 97.1 Å². The summed E-state index contributed by atoms with van der Waals surface area (Å²) in [6.45, 7) is 1.84. The van der Waals surface area contributed by atoms with Crippen molar-refractivity contribution in [2.45, 2.75) is 26.3 Å². The molecule has 0 fully saturated rings. The van der Waals surface area contributed by atoms with Crippen molar-refractivity contribution in [3.63, 3.8) is 0 Å². The first-order chi connectivity index (χ1) is 13.9. The summed E-state index contributed by atoms with van der Waals surface area (Å²) in [5, 5.41) is 0. The molecule has 29 heavy (non-hydrogen) atoms. The maximum Gasteiger partial charge on any atom is 0.306 e. The zero-order valence-electron chi connectivity index (χ0n) is 16.3. The number of hydrogen-bond acceptors (Lipinski definition) is 6. The van der Waals surface area contributed by atoms with Crippen LogP contribution in [0.1, 0.15) is 45.1 Å². The lowest BCUT2D eigenvalue weighted by atomic mass is 10.1. The molecule has 0 bridgehead atoms. The number of carbonyl (C=O) groups excluding carboxylic acids is 4. The number of benzene rings is 1. The van der Waals surface area contributed by atoms with Crippen LogP contribution in [0.4, 0.5) is 0 Å². The van der Waals surface area contributed by atoms with Crippen molar-refractivity contribution in [2.24, 2.45) is 0 Å². The van der Waals surface area contributed by atoms with E-state index in [1.54, 1.807) is 37.4 Å². The first-order valence-corrected chi connectivity index (χ1v) is 9.27. The molecule has 0 spiro atoms. The first kappa shape index (κ1) is 20.3. The molecular formula is C21H22N2O6. The van der Waals surface area contributed by atoms with Crippen molar-refractivity contribution >= 4 is 23.7 Å². The lowest BCUT2D eigenvalue weighted by Gasteiger charge is -2.16. The minimum atomic E-state index is -0.558. The molecule has 0 unspecified atom stereocenters. The van der Waals surface area contributed by atoms with Gasteiger partial charge in [-0.25, -0.2) is 0 Å². The van der Waals surface area contributed by atoms with Crippen LogP contribution >= 0.6 is 0 Å². The van der Waals surface area contributed by atoms with Gasteiger partial charge in [-0.15, -0.1) is 0 Å². The quantitative estimate of drug-likeness (QED) is 0.499. The van der Waals surface area contributed by atoms with Crippen molar-refractivity contribution in [2.75, 3.05) is 20.2 Å². The zero-order valence-corrected chi connectivity index (χ0v) is 16.3. The molecule has 0 atom stereocenters. The number of ether oxygens (including phenoxy) is 1. The van der Waals surface area contributed by atoms with Crippen molar-refractivity contribution in [3.05, 3.63) is 59.0 Å². The standard InChI is InChI=1S/C21H22N2O6/c1-14-9-10-15(29-14)12-22(2)18(24)13-28-19(25)8-5-11-23-20(26)16-6-3-4-7-17(16)21(23)27/h3-4,6-7,9-10H,5,8,11-13H2,1-2H3. The highest BCUT2D eigenvalue weighted by molar-refractivity contribution is 6.21. The summed E-state index contributed by atoms with van der Waals surface area (Å²) in [6, 6.07) is 10.2. The summed E-state index contributed by atoms with van der Waals surface area (Å²) in [5.74, 6) is -0.228. The summed E-state index contributed by atoms with van der Waals surface area (Å²) < 4.78 is 10.4. The van der Waals surface area contributed by atoms with E-state index in [0.717, 1.165) is 10.7 Å². The molecule has 152 valence electrons. The minimum absolute atomic E-state index is 0.00176. The lowest BCUT2D eigenvalue weighted by Crippen LogP contribution is -2.32. The molecule has 3 amide bonds. The van der Waals surface area contributed by atoms with Crippen molar-refractivity contribution < 1.29 is 28.3 Å². The molecular weight excluding hydrogens is 376 g/mol. The van der Waals surface area contributed by atoms with E-state index >= 15 is 0 Å². The van der Waals surface area contributed by atoms with Crippen LogP contribution in [-0.4, -0.2) is 53.7 Å². The highest BCUT2D eigenvalue weighted by Gasteiger charge is 2.34. The van der Waals surface area contributed by atoms with Gasteiger partial charge in [-0.1, -0.05) is 12.1 Å². The van der Waals surface area contributed by atoms with Crippen molar-refractivity contribution in [1.29, 1.82) is 0 Å². The van der Waals surface area contributed by atoms with Crippen LogP contribution < -0.4 is 0 Å². The summed E-state index contributed by atoms with van der Waals surface area (Å²) >= 11 is 0. The second-order valence-electron chi connectivity index (χ2n) is 6.83. The van der Waals surface area contributed by atoms with Crippen LogP contribution in [0.25, 0.3) is 0 Å². The zero-order chi connectivity index (χ0) is 21.0. The van der Waals surface area contributed by atoms with Gasteiger partial charge in [0.2, 0.25) is 0 Å². The fourth-order valence-electron chi connectivity index (χ4n) is 3.04. The summed E-state index contributed by atoms with van der Waals surface area (Å²) in [6.07, 6.45) is 0.266. The van der Waals surface area contributed by atoms with Gasteiger partial charge in [0.15, 0.2) is 6.61 Å². The van der Waals surface area contributed by atoms with Gasteiger partial charge in [0.05, 0.1) is 17.7 Å². The fraction of sp³-hybridized carbons (Fsp3) is 0.333. The number of amides is 3. The Bertz CT molecular complexity index is 913. The molecule has 1 aliphatic rings. The van der Waals surface area contributed by atoms with Gasteiger partial charge in [0, 0.05) is 20.0 Å². The highest BCUT2D eigenvalue weighted by atomic mass is 16.5. The molecule has 8 heteroatoms. The first-order valence-electron chi connectivity index (χ1n) is 9.27. The van der Waals surface area contributed by atoms with Crippen molar-refractivity contribution in [3.8, 4) is 0 Å². The molecule has 1 aliphatic heterocycles. The van der Waals surface area contributed by atoms with E-state index in [9.17, 15) is 19.2 Å². The Morgan fingerprint density at radius 2 is 1.72 bits per heavy atom.